The highest BCUT2D eigenvalue weighted by Crippen LogP contribution is 2.20. The van der Waals surface area contributed by atoms with Gasteiger partial charge in [-0.15, -0.1) is 14.8 Å². The summed E-state index contributed by atoms with van der Waals surface area (Å²) in [6, 6.07) is 1.56. The lowest BCUT2D eigenvalue weighted by Gasteiger charge is -2.19. The molecular weight excluding hydrogens is 258 g/mol. The summed E-state index contributed by atoms with van der Waals surface area (Å²) in [5.74, 6) is 0. The van der Waals surface area contributed by atoms with Gasteiger partial charge in [-0.1, -0.05) is 11.6 Å². The maximum atomic E-state index is 11.6. The van der Waals surface area contributed by atoms with Crippen molar-refractivity contribution in [1.82, 2.24) is 19.8 Å². The van der Waals surface area contributed by atoms with E-state index < -0.39 is 11.7 Å². The number of halogens is 1. The van der Waals surface area contributed by atoms with Crippen molar-refractivity contribution in [3.63, 3.8) is 0 Å². The molecule has 1 amide bonds. The van der Waals surface area contributed by atoms with Crippen molar-refractivity contribution in [2.45, 2.75) is 26.4 Å². The molecule has 0 bridgehead atoms. The highest BCUT2D eigenvalue weighted by molar-refractivity contribution is 6.32. The third-order valence-electron chi connectivity index (χ3n) is 1.87. The molecule has 0 aliphatic carbocycles. The normalized spacial score (nSPS) is 11.6. The minimum atomic E-state index is -0.602. The second-order valence-corrected chi connectivity index (χ2v) is 4.94. The Morgan fingerprint density at radius 1 is 1.50 bits per heavy atom. The number of aromatic nitrogens is 4. The van der Waals surface area contributed by atoms with Gasteiger partial charge in [0, 0.05) is 6.07 Å². The summed E-state index contributed by atoms with van der Waals surface area (Å²) in [4.78, 5) is 15.5. The predicted octanol–water partition coefficient (Wildman–Crippen LogP) is 2.12. The largest absolute Gasteiger partial charge is 0.444 e. The number of carbonyl (C=O) groups excluding carboxylic acids is 1. The Bertz CT molecular complexity index is 589. The molecule has 0 unspecified atom stereocenters. The van der Waals surface area contributed by atoms with Crippen molar-refractivity contribution in [3.8, 4) is 0 Å². The Morgan fingerprint density at radius 3 is 2.89 bits per heavy atom. The number of hydrogen-bond acceptors (Lipinski definition) is 5. The molecule has 2 aromatic rings. The summed E-state index contributed by atoms with van der Waals surface area (Å²) >= 11 is 5.91. The number of ether oxygens (including phenoxy) is 1. The van der Waals surface area contributed by atoms with Crippen LogP contribution in [0.5, 0.6) is 0 Å². The van der Waals surface area contributed by atoms with Crippen LogP contribution in [0.25, 0.3) is 5.65 Å². The van der Waals surface area contributed by atoms with E-state index in [4.69, 9.17) is 16.3 Å². The first-order valence-electron chi connectivity index (χ1n) is 5.22. The Hall–Kier alpha value is -1.89. The van der Waals surface area contributed by atoms with Crippen LogP contribution in [0.1, 0.15) is 20.8 Å². The van der Waals surface area contributed by atoms with Crippen molar-refractivity contribution < 1.29 is 9.53 Å². The average Bonchev–Trinajstić information content (AvgIpc) is 2.62. The number of fused-ring (bicyclic) bond motifs is 1. The van der Waals surface area contributed by atoms with Crippen LogP contribution in [-0.2, 0) is 4.74 Å². The second-order valence-electron chi connectivity index (χ2n) is 4.58. The Morgan fingerprint density at radius 2 is 2.22 bits per heavy atom. The molecule has 0 aromatic carbocycles. The van der Waals surface area contributed by atoms with Crippen LogP contribution in [0, 0.1) is 0 Å². The van der Waals surface area contributed by atoms with E-state index in [1.165, 1.54) is 11.0 Å². The number of nitrogens with zero attached hydrogens (tertiary/aromatic N) is 4. The zero-order valence-corrected chi connectivity index (χ0v) is 10.9. The fourth-order valence-corrected chi connectivity index (χ4v) is 1.42. The van der Waals surface area contributed by atoms with E-state index in [1.807, 2.05) is 0 Å². The number of hydrogen-bond donors (Lipinski definition) is 1. The van der Waals surface area contributed by atoms with Crippen molar-refractivity contribution >= 4 is 29.0 Å². The molecule has 1 N–H and O–H groups in total. The molecule has 8 heteroatoms. The van der Waals surface area contributed by atoms with Gasteiger partial charge in [0.1, 0.15) is 11.9 Å². The molecule has 0 aliphatic heterocycles. The summed E-state index contributed by atoms with van der Waals surface area (Å²) < 4.78 is 6.38. The van der Waals surface area contributed by atoms with E-state index in [2.05, 4.69) is 20.5 Å². The van der Waals surface area contributed by atoms with Crippen molar-refractivity contribution in [3.05, 3.63) is 17.5 Å². The minimum Gasteiger partial charge on any atom is -0.444 e. The van der Waals surface area contributed by atoms with Crippen LogP contribution in [0.3, 0.4) is 0 Å². The highest BCUT2D eigenvalue weighted by atomic mass is 35.5. The maximum Gasteiger partial charge on any atom is 0.412 e. The van der Waals surface area contributed by atoms with E-state index in [9.17, 15) is 4.79 Å². The first kappa shape index (κ1) is 12.6. The highest BCUT2D eigenvalue weighted by Gasteiger charge is 2.17. The van der Waals surface area contributed by atoms with Gasteiger partial charge in [0.2, 0.25) is 0 Å². The Kier molecular flexibility index (Phi) is 3.08. The average molecular weight is 270 g/mol. The molecule has 0 fully saturated rings. The summed E-state index contributed by atoms with van der Waals surface area (Å²) in [6.07, 6.45) is 0.741. The number of anilines is 1. The van der Waals surface area contributed by atoms with Gasteiger partial charge in [-0.2, -0.15) is 0 Å². The molecule has 0 aliphatic rings. The fourth-order valence-electron chi connectivity index (χ4n) is 1.24. The first-order valence-corrected chi connectivity index (χ1v) is 5.59. The van der Waals surface area contributed by atoms with Crippen LogP contribution < -0.4 is 5.32 Å². The molecular formula is C10H12ClN5O2. The third-order valence-corrected chi connectivity index (χ3v) is 2.15. The molecule has 2 heterocycles. The SMILES string of the molecule is CC(C)(C)OC(=O)Nc1cc2ncnn2nc1Cl. The quantitative estimate of drug-likeness (QED) is 0.857. The van der Waals surface area contributed by atoms with Gasteiger partial charge in [0.05, 0.1) is 5.69 Å². The van der Waals surface area contributed by atoms with E-state index >= 15 is 0 Å². The lowest BCUT2D eigenvalue weighted by Crippen LogP contribution is -2.27. The van der Waals surface area contributed by atoms with Gasteiger partial charge in [-0.05, 0) is 20.8 Å². The minimum absolute atomic E-state index is 0.110. The summed E-state index contributed by atoms with van der Waals surface area (Å²) in [7, 11) is 0. The predicted molar refractivity (Wildman–Crippen MR) is 65.6 cm³/mol. The van der Waals surface area contributed by atoms with Crippen LogP contribution in [0.4, 0.5) is 10.5 Å². The van der Waals surface area contributed by atoms with Gasteiger partial charge >= 0.3 is 6.09 Å². The zero-order valence-electron chi connectivity index (χ0n) is 10.1. The van der Waals surface area contributed by atoms with E-state index in [-0.39, 0.29) is 5.15 Å². The van der Waals surface area contributed by atoms with Gasteiger partial charge in [0.25, 0.3) is 0 Å². The molecule has 0 radical (unpaired) electrons. The molecule has 2 rings (SSSR count). The number of carbonyl (C=O) groups is 1. The van der Waals surface area contributed by atoms with Crippen molar-refractivity contribution in [2.24, 2.45) is 0 Å². The topological polar surface area (TPSA) is 81.4 Å². The van der Waals surface area contributed by atoms with Gasteiger partial charge in [-0.3, -0.25) is 5.32 Å². The summed E-state index contributed by atoms with van der Waals surface area (Å²) in [5.41, 5.74) is 0.222. The lowest BCUT2D eigenvalue weighted by atomic mass is 10.2. The fraction of sp³-hybridized carbons (Fsp3) is 0.400. The summed E-state index contributed by atoms with van der Waals surface area (Å²) in [5, 5.41) is 10.4. The number of amides is 1. The lowest BCUT2D eigenvalue weighted by molar-refractivity contribution is 0.0636. The van der Waals surface area contributed by atoms with Crippen LogP contribution in [0.2, 0.25) is 5.15 Å². The number of rotatable bonds is 1. The van der Waals surface area contributed by atoms with E-state index in [0.717, 1.165) is 0 Å². The van der Waals surface area contributed by atoms with E-state index in [1.54, 1.807) is 26.8 Å². The smallest absolute Gasteiger partial charge is 0.412 e. The standard InChI is InChI=1S/C10H12ClN5O2/c1-10(2,3)18-9(17)14-6-4-7-12-5-13-16(7)15-8(6)11/h4-5H,1-3H3,(H,14,17). The van der Waals surface area contributed by atoms with Gasteiger partial charge < -0.3 is 4.74 Å². The van der Waals surface area contributed by atoms with Crippen molar-refractivity contribution in [2.75, 3.05) is 5.32 Å². The molecule has 7 nitrogen and oxygen atoms in total. The number of nitrogens with one attached hydrogen (secondary N) is 1. The molecule has 2 aromatic heterocycles. The third kappa shape index (κ3) is 2.86. The van der Waals surface area contributed by atoms with Crippen molar-refractivity contribution in [1.29, 1.82) is 0 Å². The second kappa shape index (κ2) is 4.41. The van der Waals surface area contributed by atoms with Crippen LogP contribution >= 0.6 is 11.6 Å². The molecule has 0 saturated carbocycles. The van der Waals surface area contributed by atoms with E-state index in [0.29, 0.717) is 11.3 Å². The monoisotopic (exact) mass is 269 g/mol. The molecule has 18 heavy (non-hydrogen) atoms. The molecule has 0 atom stereocenters. The Labute approximate surface area is 108 Å². The summed E-state index contributed by atoms with van der Waals surface area (Å²) in [6.45, 7) is 5.32. The van der Waals surface area contributed by atoms with Crippen LogP contribution in [-0.4, -0.2) is 31.5 Å². The van der Waals surface area contributed by atoms with Crippen LogP contribution in [0.15, 0.2) is 12.4 Å². The molecule has 0 saturated heterocycles. The zero-order chi connectivity index (χ0) is 13.3. The van der Waals surface area contributed by atoms with Gasteiger partial charge in [-0.25, -0.2) is 9.78 Å². The van der Waals surface area contributed by atoms with Gasteiger partial charge in [0.15, 0.2) is 10.8 Å². The molecule has 0 spiro atoms. The molecule has 96 valence electrons. The maximum absolute atomic E-state index is 11.6. The first-order chi connectivity index (χ1) is 8.35. The Balaban J connectivity index is 2.20.